The second kappa shape index (κ2) is 3.86. The molecule has 1 N–H and O–H groups in total. The third kappa shape index (κ3) is 1.43. The highest BCUT2D eigenvalue weighted by molar-refractivity contribution is 5.85. The van der Waals surface area contributed by atoms with E-state index in [2.05, 4.69) is 29.6 Å². The fourth-order valence-electron chi connectivity index (χ4n) is 3.88. The summed E-state index contributed by atoms with van der Waals surface area (Å²) in [6.07, 6.45) is 5.61. The van der Waals surface area contributed by atoms with Gasteiger partial charge in [-0.2, -0.15) is 0 Å². The lowest BCUT2D eigenvalue weighted by Gasteiger charge is -2.38. The summed E-state index contributed by atoms with van der Waals surface area (Å²) in [6.45, 7) is 0. The van der Waals surface area contributed by atoms with E-state index in [1.165, 1.54) is 30.4 Å². The molecule has 3 rings (SSSR count). The molecule has 0 spiro atoms. The molecule has 1 fully saturated rings. The fourth-order valence-corrected chi connectivity index (χ4v) is 3.88. The Labute approximate surface area is 102 Å². The van der Waals surface area contributed by atoms with Crippen LogP contribution in [0.25, 0.3) is 0 Å². The Morgan fingerprint density at radius 2 is 2.18 bits per heavy atom. The van der Waals surface area contributed by atoms with E-state index in [0.717, 1.165) is 12.8 Å². The zero-order valence-electron chi connectivity index (χ0n) is 10.3. The first-order valence-corrected chi connectivity index (χ1v) is 6.58. The lowest BCUT2D eigenvalue weighted by molar-refractivity contribution is -0.133. The van der Waals surface area contributed by atoms with Crippen molar-refractivity contribution in [3.05, 3.63) is 35.4 Å². The second-order valence-corrected chi connectivity index (χ2v) is 5.41. The van der Waals surface area contributed by atoms with E-state index in [4.69, 9.17) is 0 Å². The molecule has 0 aliphatic heterocycles. The average Bonchev–Trinajstić information content (AvgIpc) is 2.73. The molecule has 1 aromatic carbocycles. The zero-order valence-corrected chi connectivity index (χ0v) is 10.3. The van der Waals surface area contributed by atoms with E-state index in [-0.39, 0.29) is 11.3 Å². The summed E-state index contributed by atoms with van der Waals surface area (Å²) in [5.41, 5.74) is 2.68. The van der Waals surface area contributed by atoms with Gasteiger partial charge in [0.1, 0.15) is 0 Å². The van der Waals surface area contributed by atoms with E-state index in [1.54, 1.807) is 7.05 Å². The maximum absolute atomic E-state index is 12.3. The molecule has 0 radical (unpaired) electrons. The van der Waals surface area contributed by atoms with Gasteiger partial charge in [-0.05, 0) is 36.3 Å². The van der Waals surface area contributed by atoms with Gasteiger partial charge in [-0.3, -0.25) is 4.79 Å². The molecule has 0 bridgehead atoms. The third-order valence-corrected chi connectivity index (χ3v) is 4.65. The predicted molar refractivity (Wildman–Crippen MR) is 67.9 cm³/mol. The highest BCUT2D eigenvalue weighted by atomic mass is 16.2. The van der Waals surface area contributed by atoms with E-state index in [0.29, 0.717) is 5.92 Å². The number of fused-ring (bicyclic) bond motifs is 3. The molecule has 1 amide bonds. The number of carbonyl (C=O) groups excluding carboxylic acids is 1. The number of rotatable bonds is 1. The van der Waals surface area contributed by atoms with Gasteiger partial charge in [0.05, 0.1) is 5.41 Å². The standard InChI is InChI=1S/C15H19NO/c1-16-14(17)15-9-5-4-8-13(15)12-7-3-2-6-11(12)10-15/h2-3,6-7,13H,4-5,8-10H2,1H3,(H,16,17)/t13-,15-/m1/s1. The predicted octanol–water partition coefficient (Wildman–Crippen LogP) is 2.63. The summed E-state index contributed by atoms with van der Waals surface area (Å²) >= 11 is 0. The van der Waals surface area contributed by atoms with Crippen LogP contribution >= 0.6 is 0 Å². The van der Waals surface area contributed by atoms with Crippen LogP contribution in [0.2, 0.25) is 0 Å². The molecule has 17 heavy (non-hydrogen) atoms. The van der Waals surface area contributed by atoms with Crippen LogP contribution in [0.15, 0.2) is 24.3 Å². The zero-order chi connectivity index (χ0) is 11.9. The minimum atomic E-state index is -0.142. The maximum atomic E-state index is 12.3. The van der Waals surface area contributed by atoms with Crippen molar-refractivity contribution < 1.29 is 4.79 Å². The molecule has 2 heteroatoms. The Balaban J connectivity index is 2.07. The van der Waals surface area contributed by atoms with Gasteiger partial charge >= 0.3 is 0 Å². The minimum absolute atomic E-state index is 0.142. The van der Waals surface area contributed by atoms with Gasteiger partial charge in [-0.1, -0.05) is 37.1 Å². The van der Waals surface area contributed by atoms with Crippen molar-refractivity contribution in [2.45, 2.75) is 38.0 Å². The molecule has 1 aromatic rings. The van der Waals surface area contributed by atoms with Crippen LogP contribution in [0, 0.1) is 5.41 Å². The Bertz CT molecular complexity index is 454. The monoisotopic (exact) mass is 229 g/mol. The highest BCUT2D eigenvalue weighted by Crippen LogP contribution is 2.55. The molecule has 0 unspecified atom stereocenters. The topological polar surface area (TPSA) is 29.1 Å². The summed E-state index contributed by atoms with van der Waals surface area (Å²) in [7, 11) is 1.77. The van der Waals surface area contributed by atoms with Crippen LogP contribution in [0.5, 0.6) is 0 Å². The number of hydrogen-bond acceptors (Lipinski definition) is 1. The molecule has 2 aliphatic carbocycles. The van der Waals surface area contributed by atoms with Gasteiger partial charge < -0.3 is 5.32 Å². The number of nitrogens with one attached hydrogen (secondary N) is 1. The fraction of sp³-hybridized carbons (Fsp3) is 0.533. The lowest BCUT2D eigenvalue weighted by Crippen LogP contribution is -2.44. The maximum Gasteiger partial charge on any atom is 0.226 e. The van der Waals surface area contributed by atoms with Crippen molar-refractivity contribution in [2.24, 2.45) is 5.41 Å². The molecular formula is C15H19NO. The molecular weight excluding hydrogens is 210 g/mol. The molecule has 0 heterocycles. The Hall–Kier alpha value is -1.31. The Morgan fingerprint density at radius 3 is 3.00 bits per heavy atom. The van der Waals surface area contributed by atoms with Crippen molar-refractivity contribution in [1.82, 2.24) is 5.32 Å². The second-order valence-electron chi connectivity index (χ2n) is 5.41. The van der Waals surface area contributed by atoms with Crippen LogP contribution < -0.4 is 5.32 Å². The van der Waals surface area contributed by atoms with Crippen LogP contribution in [-0.4, -0.2) is 13.0 Å². The SMILES string of the molecule is CNC(=O)[C@@]12CCCC[C@@H]1c1ccccc1C2. The number of benzene rings is 1. The molecule has 2 nitrogen and oxygen atoms in total. The van der Waals surface area contributed by atoms with Crippen LogP contribution in [0.3, 0.4) is 0 Å². The summed E-state index contributed by atoms with van der Waals surface area (Å²) < 4.78 is 0. The van der Waals surface area contributed by atoms with Gasteiger partial charge in [0.15, 0.2) is 0 Å². The normalized spacial score (nSPS) is 30.5. The number of amides is 1. The molecule has 0 saturated heterocycles. The minimum Gasteiger partial charge on any atom is -0.359 e. The average molecular weight is 229 g/mol. The summed E-state index contributed by atoms with van der Waals surface area (Å²) in [5, 5.41) is 2.89. The Morgan fingerprint density at radius 1 is 1.35 bits per heavy atom. The van der Waals surface area contributed by atoms with Gasteiger partial charge in [-0.15, -0.1) is 0 Å². The first-order valence-electron chi connectivity index (χ1n) is 6.58. The van der Waals surface area contributed by atoms with Crippen molar-refractivity contribution in [1.29, 1.82) is 0 Å². The highest BCUT2D eigenvalue weighted by Gasteiger charge is 2.51. The van der Waals surface area contributed by atoms with E-state index in [9.17, 15) is 4.79 Å². The Kier molecular flexibility index (Phi) is 2.46. The van der Waals surface area contributed by atoms with Crippen molar-refractivity contribution in [3.63, 3.8) is 0 Å². The van der Waals surface area contributed by atoms with Crippen LogP contribution in [0.4, 0.5) is 0 Å². The smallest absolute Gasteiger partial charge is 0.226 e. The lowest BCUT2D eigenvalue weighted by atomic mass is 9.66. The van der Waals surface area contributed by atoms with Crippen molar-refractivity contribution in [3.8, 4) is 0 Å². The molecule has 0 aromatic heterocycles. The van der Waals surface area contributed by atoms with Gasteiger partial charge in [0.25, 0.3) is 0 Å². The largest absolute Gasteiger partial charge is 0.359 e. The number of carbonyl (C=O) groups is 1. The molecule has 2 aliphatic rings. The van der Waals surface area contributed by atoms with E-state index >= 15 is 0 Å². The number of hydrogen-bond donors (Lipinski definition) is 1. The van der Waals surface area contributed by atoms with Gasteiger partial charge in [0, 0.05) is 7.05 Å². The van der Waals surface area contributed by atoms with Gasteiger partial charge in [-0.25, -0.2) is 0 Å². The summed E-state index contributed by atoms with van der Waals surface area (Å²) in [6, 6.07) is 8.61. The van der Waals surface area contributed by atoms with E-state index < -0.39 is 0 Å². The van der Waals surface area contributed by atoms with Crippen molar-refractivity contribution in [2.75, 3.05) is 7.05 Å². The quantitative estimate of drug-likeness (QED) is 0.788. The van der Waals surface area contributed by atoms with Crippen LogP contribution in [-0.2, 0) is 11.2 Å². The van der Waals surface area contributed by atoms with Crippen LogP contribution in [0.1, 0.15) is 42.7 Å². The molecule has 90 valence electrons. The summed E-state index contributed by atoms with van der Waals surface area (Å²) in [5.74, 6) is 0.700. The summed E-state index contributed by atoms with van der Waals surface area (Å²) in [4.78, 5) is 12.3. The van der Waals surface area contributed by atoms with E-state index in [1.807, 2.05) is 0 Å². The first kappa shape index (κ1) is 10.8. The van der Waals surface area contributed by atoms with Crippen molar-refractivity contribution >= 4 is 5.91 Å². The molecule has 2 atom stereocenters. The first-order chi connectivity index (χ1) is 8.28. The third-order valence-electron chi connectivity index (χ3n) is 4.65. The van der Waals surface area contributed by atoms with Gasteiger partial charge in [0.2, 0.25) is 5.91 Å². The molecule has 1 saturated carbocycles.